The van der Waals surface area contributed by atoms with Crippen molar-refractivity contribution in [3.05, 3.63) is 65.6 Å². The third kappa shape index (κ3) is 3.45. The van der Waals surface area contributed by atoms with Crippen molar-refractivity contribution >= 4 is 23.0 Å². The second-order valence-electron chi connectivity index (χ2n) is 5.56. The summed E-state index contributed by atoms with van der Waals surface area (Å²) in [5, 5.41) is 2.81. The van der Waals surface area contributed by atoms with Crippen molar-refractivity contribution < 1.29 is 9.59 Å². The maximum absolute atomic E-state index is 12.1. The molecule has 0 aliphatic heterocycles. The minimum absolute atomic E-state index is 0.00266. The van der Waals surface area contributed by atoms with Gasteiger partial charge in [0.2, 0.25) is 5.91 Å². The summed E-state index contributed by atoms with van der Waals surface area (Å²) in [5.74, 6) is -0.136. The number of fused-ring (bicyclic) bond motifs is 1. The highest BCUT2D eigenvalue weighted by molar-refractivity contribution is 5.96. The second-order valence-corrected chi connectivity index (χ2v) is 5.56. The molecule has 0 atom stereocenters. The van der Waals surface area contributed by atoms with E-state index in [-0.39, 0.29) is 18.1 Å². The van der Waals surface area contributed by atoms with Crippen molar-refractivity contribution in [2.75, 3.05) is 5.32 Å². The monoisotopic (exact) mass is 307 g/mol. The van der Waals surface area contributed by atoms with Crippen molar-refractivity contribution in [3.8, 4) is 0 Å². The number of anilines is 1. The molecule has 3 aromatic rings. The van der Waals surface area contributed by atoms with Gasteiger partial charge in [0.1, 0.15) is 5.65 Å². The maximum Gasteiger partial charge on any atom is 0.230 e. The molecular weight excluding hydrogens is 290 g/mol. The SMILES string of the molecule is CC(=O)c1ccc(NC(=O)Cc2cn3ccc(C)cc3n2)cc1. The standard InChI is InChI=1S/C18H17N3O2/c1-12-7-8-21-11-16(19-17(21)9-12)10-18(23)20-15-5-3-14(4-6-15)13(2)22/h3-9,11H,10H2,1-2H3,(H,20,23). The lowest BCUT2D eigenvalue weighted by atomic mass is 10.1. The molecule has 116 valence electrons. The van der Waals surface area contributed by atoms with Gasteiger partial charge in [-0.2, -0.15) is 0 Å². The van der Waals surface area contributed by atoms with Gasteiger partial charge in [0.25, 0.3) is 0 Å². The summed E-state index contributed by atoms with van der Waals surface area (Å²) in [4.78, 5) is 27.8. The summed E-state index contributed by atoms with van der Waals surface area (Å²) in [6, 6.07) is 10.8. The first kappa shape index (κ1) is 15.0. The zero-order valence-electron chi connectivity index (χ0n) is 13.0. The van der Waals surface area contributed by atoms with E-state index in [4.69, 9.17) is 0 Å². The molecule has 0 saturated heterocycles. The molecule has 0 saturated carbocycles. The number of carbonyl (C=O) groups is 2. The van der Waals surface area contributed by atoms with Gasteiger partial charge in [0.05, 0.1) is 12.1 Å². The van der Waals surface area contributed by atoms with Crippen LogP contribution in [0.15, 0.2) is 48.8 Å². The van der Waals surface area contributed by atoms with Crippen molar-refractivity contribution in [1.29, 1.82) is 0 Å². The predicted octanol–water partition coefficient (Wildman–Crippen LogP) is 3.03. The number of rotatable bonds is 4. The summed E-state index contributed by atoms with van der Waals surface area (Å²) in [5.41, 5.74) is 3.97. The van der Waals surface area contributed by atoms with E-state index in [0.717, 1.165) is 11.2 Å². The van der Waals surface area contributed by atoms with Gasteiger partial charge in [-0.05, 0) is 55.8 Å². The van der Waals surface area contributed by atoms with Gasteiger partial charge in [-0.3, -0.25) is 9.59 Å². The quantitative estimate of drug-likeness (QED) is 0.754. The van der Waals surface area contributed by atoms with Crippen LogP contribution in [0.1, 0.15) is 28.5 Å². The van der Waals surface area contributed by atoms with Gasteiger partial charge < -0.3 is 9.72 Å². The molecule has 0 radical (unpaired) electrons. The average molecular weight is 307 g/mol. The lowest BCUT2D eigenvalue weighted by Gasteiger charge is -2.04. The van der Waals surface area contributed by atoms with Crippen molar-refractivity contribution in [2.24, 2.45) is 0 Å². The van der Waals surface area contributed by atoms with Gasteiger partial charge in [-0.15, -0.1) is 0 Å². The Balaban J connectivity index is 1.69. The highest BCUT2D eigenvalue weighted by atomic mass is 16.1. The Labute approximate surface area is 134 Å². The average Bonchev–Trinajstić information content (AvgIpc) is 2.88. The van der Waals surface area contributed by atoms with Crippen LogP contribution < -0.4 is 5.32 Å². The largest absolute Gasteiger partial charge is 0.326 e. The van der Waals surface area contributed by atoms with Crippen LogP contribution in [0.25, 0.3) is 5.65 Å². The van der Waals surface area contributed by atoms with Gasteiger partial charge in [-0.1, -0.05) is 0 Å². The Hall–Kier alpha value is -2.95. The molecule has 0 aliphatic rings. The molecule has 0 aliphatic carbocycles. The van der Waals surface area contributed by atoms with E-state index in [1.807, 2.05) is 35.9 Å². The molecule has 1 N–H and O–H groups in total. The van der Waals surface area contributed by atoms with Crippen LogP contribution in [0.2, 0.25) is 0 Å². The number of imidazole rings is 1. The van der Waals surface area contributed by atoms with Crippen LogP contribution in [-0.4, -0.2) is 21.1 Å². The van der Waals surface area contributed by atoms with E-state index in [1.165, 1.54) is 6.92 Å². The van der Waals surface area contributed by atoms with Crippen molar-refractivity contribution in [2.45, 2.75) is 20.3 Å². The van der Waals surface area contributed by atoms with Crippen LogP contribution >= 0.6 is 0 Å². The number of ketones is 1. The molecule has 0 unspecified atom stereocenters. The molecule has 1 amide bonds. The van der Waals surface area contributed by atoms with E-state index in [0.29, 0.717) is 16.9 Å². The van der Waals surface area contributed by atoms with Crippen LogP contribution in [0.3, 0.4) is 0 Å². The number of pyridine rings is 1. The Morgan fingerprint density at radius 1 is 1.17 bits per heavy atom. The smallest absolute Gasteiger partial charge is 0.230 e. The molecule has 23 heavy (non-hydrogen) atoms. The summed E-state index contributed by atoms with van der Waals surface area (Å²) < 4.78 is 1.90. The van der Waals surface area contributed by atoms with Gasteiger partial charge in [0.15, 0.2) is 5.78 Å². The molecule has 1 aromatic carbocycles. The number of amides is 1. The zero-order valence-corrected chi connectivity index (χ0v) is 13.0. The lowest BCUT2D eigenvalue weighted by molar-refractivity contribution is -0.115. The zero-order chi connectivity index (χ0) is 16.4. The highest BCUT2D eigenvalue weighted by Crippen LogP contribution is 2.12. The summed E-state index contributed by atoms with van der Waals surface area (Å²) >= 11 is 0. The van der Waals surface area contributed by atoms with E-state index < -0.39 is 0 Å². The topological polar surface area (TPSA) is 63.5 Å². The summed E-state index contributed by atoms with van der Waals surface area (Å²) in [7, 11) is 0. The minimum atomic E-state index is -0.138. The van der Waals surface area contributed by atoms with Crippen LogP contribution in [0.5, 0.6) is 0 Å². The van der Waals surface area contributed by atoms with Gasteiger partial charge in [0, 0.05) is 23.6 Å². The van der Waals surface area contributed by atoms with E-state index in [9.17, 15) is 9.59 Å². The number of nitrogens with one attached hydrogen (secondary N) is 1. The van der Waals surface area contributed by atoms with E-state index in [2.05, 4.69) is 10.3 Å². The molecule has 0 bridgehead atoms. The molecule has 0 spiro atoms. The first-order chi connectivity index (χ1) is 11.0. The summed E-state index contributed by atoms with van der Waals surface area (Å²) in [6.45, 7) is 3.52. The fraction of sp³-hybridized carbons (Fsp3) is 0.167. The van der Waals surface area contributed by atoms with Gasteiger partial charge in [-0.25, -0.2) is 4.98 Å². The van der Waals surface area contributed by atoms with Crippen LogP contribution in [-0.2, 0) is 11.2 Å². The first-order valence-corrected chi connectivity index (χ1v) is 7.36. The fourth-order valence-corrected chi connectivity index (χ4v) is 2.38. The third-order valence-electron chi connectivity index (χ3n) is 3.58. The number of aromatic nitrogens is 2. The fourth-order valence-electron chi connectivity index (χ4n) is 2.38. The van der Waals surface area contributed by atoms with Crippen LogP contribution in [0, 0.1) is 6.92 Å². The normalized spacial score (nSPS) is 10.7. The highest BCUT2D eigenvalue weighted by Gasteiger charge is 2.08. The lowest BCUT2D eigenvalue weighted by Crippen LogP contribution is -2.14. The number of nitrogens with zero attached hydrogens (tertiary/aromatic N) is 2. The van der Waals surface area contributed by atoms with Crippen molar-refractivity contribution in [1.82, 2.24) is 9.38 Å². The minimum Gasteiger partial charge on any atom is -0.326 e. The van der Waals surface area contributed by atoms with E-state index in [1.54, 1.807) is 24.3 Å². The molecular formula is C18H17N3O2. The molecule has 0 fully saturated rings. The van der Waals surface area contributed by atoms with Crippen molar-refractivity contribution in [3.63, 3.8) is 0 Å². The number of aryl methyl sites for hydroxylation is 1. The Kier molecular flexibility index (Phi) is 3.93. The maximum atomic E-state index is 12.1. The molecule has 2 aromatic heterocycles. The predicted molar refractivity (Wildman–Crippen MR) is 88.7 cm³/mol. The number of hydrogen-bond acceptors (Lipinski definition) is 3. The number of Topliss-reactive ketones (excluding diaryl/α,β-unsaturated/α-hetero) is 1. The molecule has 5 nitrogen and oxygen atoms in total. The molecule has 2 heterocycles. The number of hydrogen-bond donors (Lipinski definition) is 1. The molecule has 3 rings (SSSR count). The molecule has 5 heteroatoms. The Bertz CT molecular complexity index is 879. The van der Waals surface area contributed by atoms with E-state index >= 15 is 0 Å². The first-order valence-electron chi connectivity index (χ1n) is 7.36. The Morgan fingerprint density at radius 2 is 1.91 bits per heavy atom. The third-order valence-corrected chi connectivity index (χ3v) is 3.58. The summed E-state index contributed by atoms with van der Waals surface area (Å²) in [6.07, 6.45) is 3.99. The second kappa shape index (κ2) is 6.04. The number of carbonyl (C=O) groups excluding carboxylic acids is 2. The van der Waals surface area contributed by atoms with Gasteiger partial charge >= 0.3 is 0 Å². The Morgan fingerprint density at radius 3 is 2.61 bits per heavy atom. The van der Waals surface area contributed by atoms with Crippen LogP contribution in [0.4, 0.5) is 5.69 Å². The number of benzene rings is 1.